The van der Waals surface area contributed by atoms with Crippen LogP contribution in [0.25, 0.3) is 11.3 Å². The van der Waals surface area contributed by atoms with Crippen molar-refractivity contribution in [2.75, 3.05) is 5.32 Å². The minimum absolute atomic E-state index is 0.277. The van der Waals surface area contributed by atoms with E-state index in [-0.39, 0.29) is 5.41 Å². The van der Waals surface area contributed by atoms with Gasteiger partial charge in [-0.05, 0) is 49.9 Å². The number of hydrogen-bond acceptors (Lipinski definition) is 7. The van der Waals surface area contributed by atoms with Crippen molar-refractivity contribution in [2.45, 2.75) is 46.1 Å². The zero-order chi connectivity index (χ0) is 18.9. The van der Waals surface area contributed by atoms with Crippen LogP contribution in [0.4, 0.5) is 10.9 Å². The molecule has 1 saturated carbocycles. The van der Waals surface area contributed by atoms with E-state index in [0.29, 0.717) is 12.5 Å². The number of aryl methyl sites for hydroxylation is 2. The summed E-state index contributed by atoms with van der Waals surface area (Å²) in [5, 5.41) is 18.2. The summed E-state index contributed by atoms with van der Waals surface area (Å²) in [5.41, 5.74) is 3.45. The Morgan fingerprint density at radius 3 is 2.81 bits per heavy atom. The molecule has 0 saturated heterocycles. The molecule has 0 aromatic carbocycles. The van der Waals surface area contributed by atoms with Gasteiger partial charge in [-0.3, -0.25) is 4.68 Å². The van der Waals surface area contributed by atoms with Gasteiger partial charge >= 0.3 is 0 Å². The largest absolute Gasteiger partial charge is 0.314 e. The molecule has 4 rings (SSSR count). The van der Waals surface area contributed by atoms with Crippen LogP contribution in [0.1, 0.15) is 36.9 Å². The average Bonchev–Trinajstić information content (AvgIpc) is 3.39. The minimum Gasteiger partial charge on any atom is -0.314 e. The molecule has 0 spiro atoms. The van der Waals surface area contributed by atoms with Crippen molar-refractivity contribution in [3.8, 4) is 17.3 Å². The topological polar surface area (TPSA) is 92.3 Å². The summed E-state index contributed by atoms with van der Waals surface area (Å²) < 4.78 is 6.14. The first kappa shape index (κ1) is 17.6. The van der Waals surface area contributed by atoms with Gasteiger partial charge in [-0.2, -0.15) is 14.7 Å². The van der Waals surface area contributed by atoms with Crippen LogP contribution in [0.15, 0.2) is 24.7 Å². The third kappa shape index (κ3) is 3.69. The molecule has 7 nitrogen and oxygen atoms in total. The maximum Gasteiger partial charge on any atom is 0.228 e. The molecule has 1 aliphatic rings. The molecule has 8 heteroatoms. The van der Waals surface area contributed by atoms with Gasteiger partial charge in [-0.1, -0.05) is 12.8 Å². The van der Waals surface area contributed by atoms with Crippen LogP contribution in [0.2, 0.25) is 0 Å². The van der Waals surface area contributed by atoms with E-state index in [9.17, 15) is 5.26 Å². The van der Waals surface area contributed by atoms with Crippen LogP contribution in [0, 0.1) is 30.6 Å². The van der Waals surface area contributed by atoms with Crippen molar-refractivity contribution in [3.63, 3.8) is 0 Å². The van der Waals surface area contributed by atoms with Gasteiger partial charge in [0.15, 0.2) is 0 Å². The van der Waals surface area contributed by atoms with E-state index in [0.717, 1.165) is 53.2 Å². The molecule has 3 heterocycles. The molecule has 1 N–H and O–H groups in total. The Morgan fingerprint density at radius 1 is 1.30 bits per heavy atom. The highest BCUT2D eigenvalue weighted by atomic mass is 32.1. The third-order valence-electron chi connectivity index (χ3n) is 5.00. The third-order valence-corrected chi connectivity index (χ3v) is 5.80. The second-order valence-corrected chi connectivity index (χ2v) is 8.01. The van der Waals surface area contributed by atoms with E-state index in [1.165, 1.54) is 11.5 Å². The molecule has 1 aliphatic carbocycles. The monoisotopic (exact) mass is 379 g/mol. The maximum absolute atomic E-state index is 9.60. The Kier molecular flexibility index (Phi) is 4.62. The summed E-state index contributed by atoms with van der Waals surface area (Å²) in [6.45, 7) is 4.58. The molecule has 0 radical (unpaired) electrons. The molecular formula is C19H21N7S. The summed E-state index contributed by atoms with van der Waals surface area (Å²) in [6.07, 6.45) is 9.76. The Morgan fingerprint density at radius 2 is 2.11 bits per heavy atom. The van der Waals surface area contributed by atoms with Gasteiger partial charge in [0, 0.05) is 18.0 Å². The maximum atomic E-state index is 9.60. The van der Waals surface area contributed by atoms with Gasteiger partial charge in [0.25, 0.3) is 0 Å². The zero-order valence-corrected chi connectivity index (χ0v) is 16.3. The Bertz CT molecular complexity index is 992. The Balaban J connectivity index is 1.57. The SMILES string of the molecule is Cc1cc(Nc2ncc(C)c(-c3cnn(CC4(C#N)CCCC4)c3)n2)sn1. The van der Waals surface area contributed by atoms with E-state index in [1.807, 2.05) is 43.2 Å². The van der Waals surface area contributed by atoms with Crippen LogP contribution in [-0.2, 0) is 6.54 Å². The smallest absolute Gasteiger partial charge is 0.228 e. The van der Waals surface area contributed by atoms with E-state index in [1.54, 1.807) is 0 Å². The molecule has 0 atom stereocenters. The van der Waals surface area contributed by atoms with Gasteiger partial charge in [-0.25, -0.2) is 9.97 Å². The average molecular weight is 379 g/mol. The van der Waals surface area contributed by atoms with Gasteiger partial charge in [0.1, 0.15) is 5.00 Å². The van der Waals surface area contributed by atoms with Crippen LogP contribution >= 0.6 is 11.5 Å². The van der Waals surface area contributed by atoms with Crippen molar-refractivity contribution in [1.82, 2.24) is 24.1 Å². The van der Waals surface area contributed by atoms with Crippen molar-refractivity contribution in [2.24, 2.45) is 5.41 Å². The van der Waals surface area contributed by atoms with Crippen LogP contribution < -0.4 is 5.32 Å². The van der Waals surface area contributed by atoms with E-state index < -0.39 is 0 Å². The quantitative estimate of drug-likeness (QED) is 0.713. The highest BCUT2D eigenvalue weighted by Crippen LogP contribution is 2.39. The molecule has 0 bridgehead atoms. The van der Waals surface area contributed by atoms with E-state index >= 15 is 0 Å². The number of rotatable bonds is 5. The predicted octanol–water partition coefficient (Wildman–Crippen LogP) is 4.24. The second kappa shape index (κ2) is 7.08. The molecular weight excluding hydrogens is 358 g/mol. The lowest BCUT2D eigenvalue weighted by Gasteiger charge is -2.19. The first-order valence-corrected chi connectivity index (χ1v) is 9.82. The van der Waals surface area contributed by atoms with Gasteiger partial charge in [0.2, 0.25) is 5.95 Å². The number of nitriles is 1. The Labute approximate surface area is 162 Å². The van der Waals surface area contributed by atoms with Crippen LogP contribution in [0.5, 0.6) is 0 Å². The molecule has 27 heavy (non-hydrogen) atoms. The van der Waals surface area contributed by atoms with Gasteiger partial charge < -0.3 is 5.32 Å². The number of hydrogen-bond donors (Lipinski definition) is 1. The summed E-state index contributed by atoms with van der Waals surface area (Å²) >= 11 is 1.39. The lowest BCUT2D eigenvalue weighted by atomic mass is 9.88. The fourth-order valence-electron chi connectivity index (χ4n) is 3.57. The summed E-state index contributed by atoms with van der Waals surface area (Å²) in [4.78, 5) is 9.04. The summed E-state index contributed by atoms with van der Waals surface area (Å²) in [5.74, 6) is 0.538. The molecule has 0 aliphatic heterocycles. The number of nitrogens with zero attached hydrogens (tertiary/aromatic N) is 6. The number of aromatic nitrogens is 5. The van der Waals surface area contributed by atoms with Gasteiger partial charge in [0.05, 0.1) is 35.6 Å². The normalized spacial score (nSPS) is 15.6. The van der Waals surface area contributed by atoms with E-state index in [4.69, 9.17) is 0 Å². The molecule has 3 aromatic rings. The molecule has 0 unspecified atom stereocenters. The second-order valence-electron chi connectivity index (χ2n) is 7.21. The van der Waals surface area contributed by atoms with Crippen molar-refractivity contribution < 1.29 is 0 Å². The van der Waals surface area contributed by atoms with Gasteiger partial charge in [-0.15, -0.1) is 0 Å². The fraction of sp³-hybridized carbons (Fsp3) is 0.421. The summed E-state index contributed by atoms with van der Waals surface area (Å²) in [7, 11) is 0. The standard InChI is InChI=1S/C19H21N7S/c1-13-8-21-18(23-16-7-14(2)25-27-16)24-17(13)15-9-22-26(10-15)12-19(11-20)5-3-4-6-19/h7-10H,3-6,12H2,1-2H3,(H,21,23,24). The number of nitrogens with one attached hydrogen (secondary N) is 1. The van der Waals surface area contributed by atoms with Crippen molar-refractivity contribution in [3.05, 3.63) is 35.9 Å². The highest BCUT2D eigenvalue weighted by Gasteiger charge is 2.34. The van der Waals surface area contributed by atoms with E-state index in [2.05, 4.69) is 30.8 Å². The first-order chi connectivity index (χ1) is 13.1. The molecule has 138 valence electrons. The molecule has 1 fully saturated rings. The van der Waals surface area contributed by atoms with Crippen molar-refractivity contribution in [1.29, 1.82) is 5.26 Å². The summed E-state index contributed by atoms with van der Waals surface area (Å²) in [6, 6.07) is 4.49. The molecule has 3 aromatic heterocycles. The lowest BCUT2D eigenvalue weighted by Crippen LogP contribution is -2.21. The predicted molar refractivity (Wildman–Crippen MR) is 105 cm³/mol. The fourth-order valence-corrected chi connectivity index (χ4v) is 4.22. The van der Waals surface area contributed by atoms with Crippen LogP contribution in [-0.4, -0.2) is 24.1 Å². The minimum atomic E-state index is -0.277. The Hall–Kier alpha value is -2.79. The molecule has 0 amide bonds. The zero-order valence-electron chi connectivity index (χ0n) is 15.4. The van der Waals surface area contributed by atoms with Crippen molar-refractivity contribution >= 4 is 22.5 Å². The highest BCUT2D eigenvalue weighted by molar-refractivity contribution is 7.10. The number of anilines is 2. The van der Waals surface area contributed by atoms with Crippen LogP contribution in [0.3, 0.4) is 0 Å². The lowest BCUT2D eigenvalue weighted by molar-refractivity contribution is 0.326. The first-order valence-electron chi connectivity index (χ1n) is 9.05.